The highest BCUT2D eigenvalue weighted by molar-refractivity contribution is 6.31. The van der Waals surface area contributed by atoms with Crippen molar-refractivity contribution in [1.82, 2.24) is 0 Å². The zero-order valence-electron chi connectivity index (χ0n) is 8.22. The first-order chi connectivity index (χ1) is 6.84. The molecule has 1 aromatic rings. The molecule has 14 heavy (non-hydrogen) atoms. The van der Waals surface area contributed by atoms with E-state index in [2.05, 4.69) is 18.8 Å². The van der Waals surface area contributed by atoms with Crippen molar-refractivity contribution in [3.05, 3.63) is 34.9 Å². The van der Waals surface area contributed by atoms with E-state index in [0.717, 1.165) is 18.6 Å². The average molecular weight is 209 g/mol. The Bertz CT molecular complexity index is 336. The first kappa shape index (κ1) is 11.1. The van der Waals surface area contributed by atoms with E-state index < -0.39 is 0 Å². The van der Waals surface area contributed by atoms with E-state index in [1.54, 1.807) is 0 Å². The molecule has 0 amide bonds. The minimum Gasteiger partial charge on any atom is -0.369 e. The zero-order valence-corrected chi connectivity index (χ0v) is 8.97. The summed E-state index contributed by atoms with van der Waals surface area (Å²) in [5.41, 5.74) is 0.856. The Morgan fingerprint density at radius 1 is 1.36 bits per heavy atom. The van der Waals surface area contributed by atoms with Crippen molar-refractivity contribution in [1.29, 1.82) is 0 Å². The van der Waals surface area contributed by atoms with Gasteiger partial charge in [0, 0.05) is 12.2 Å². The van der Waals surface area contributed by atoms with Gasteiger partial charge in [0.1, 0.15) is 6.61 Å². The Morgan fingerprint density at radius 2 is 2.14 bits per heavy atom. The van der Waals surface area contributed by atoms with Gasteiger partial charge in [0.15, 0.2) is 0 Å². The molecule has 1 rings (SSSR count). The number of rotatable bonds is 3. The summed E-state index contributed by atoms with van der Waals surface area (Å²) in [4.78, 5) is 0. The summed E-state index contributed by atoms with van der Waals surface area (Å²) in [6.07, 6.45) is 1.02. The lowest BCUT2D eigenvalue weighted by Gasteiger charge is -1.94. The fraction of sp³-hybridized carbons (Fsp3) is 0.333. The molecular formula is C12H13ClO. The number of hydrogen-bond donors (Lipinski definition) is 0. The standard InChI is InChI=1S/C12H13ClO/c1-2-9-14-10-5-7-11-6-3-4-8-12(11)13/h3-4,6,8H,2,9-10H2,1H3. The van der Waals surface area contributed by atoms with Crippen LogP contribution in [0.15, 0.2) is 24.3 Å². The Labute approximate surface area is 90.0 Å². The summed E-state index contributed by atoms with van der Waals surface area (Å²) in [5, 5.41) is 0.690. The van der Waals surface area contributed by atoms with Gasteiger partial charge in [-0.1, -0.05) is 42.5 Å². The third-order valence-electron chi connectivity index (χ3n) is 1.62. The molecule has 1 aromatic carbocycles. The van der Waals surface area contributed by atoms with E-state index in [1.807, 2.05) is 24.3 Å². The smallest absolute Gasteiger partial charge is 0.108 e. The summed E-state index contributed by atoms with van der Waals surface area (Å²) in [5.74, 6) is 5.89. The number of halogens is 1. The maximum absolute atomic E-state index is 5.92. The first-order valence-electron chi connectivity index (χ1n) is 4.65. The van der Waals surface area contributed by atoms with E-state index in [0.29, 0.717) is 11.6 Å². The van der Waals surface area contributed by atoms with Crippen molar-refractivity contribution in [3.8, 4) is 11.8 Å². The molecule has 0 fully saturated rings. The minimum atomic E-state index is 0.471. The second-order valence-electron chi connectivity index (χ2n) is 2.83. The van der Waals surface area contributed by atoms with E-state index >= 15 is 0 Å². The molecule has 2 heteroatoms. The molecule has 0 saturated carbocycles. The Kier molecular flexibility index (Phi) is 5.14. The summed E-state index contributed by atoms with van der Waals surface area (Å²) in [6.45, 7) is 3.30. The molecule has 74 valence electrons. The molecular weight excluding hydrogens is 196 g/mol. The first-order valence-corrected chi connectivity index (χ1v) is 5.03. The molecule has 0 N–H and O–H groups in total. The molecule has 0 spiro atoms. The minimum absolute atomic E-state index is 0.471. The fourth-order valence-corrected chi connectivity index (χ4v) is 1.14. The van der Waals surface area contributed by atoms with Gasteiger partial charge in [0.2, 0.25) is 0 Å². The second kappa shape index (κ2) is 6.48. The van der Waals surface area contributed by atoms with Gasteiger partial charge in [0.25, 0.3) is 0 Å². The molecule has 0 heterocycles. The van der Waals surface area contributed by atoms with E-state index in [9.17, 15) is 0 Å². The maximum atomic E-state index is 5.92. The van der Waals surface area contributed by atoms with Crippen LogP contribution in [-0.4, -0.2) is 13.2 Å². The molecule has 0 aromatic heterocycles. The molecule has 0 bridgehead atoms. The largest absolute Gasteiger partial charge is 0.369 e. The van der Waals surface area contributed by atoms with Crippen LogP contribution in [0.3, 0.4) is 0 Å². The number of hydrogen-bond acceptors (Lipinski definition) is 1. The summed E-state index contributed by atoms with van der Waals surface area (Å²) in [7, 11) is 0. The third-order valence-corrected chi connectivity index (χ3v) is 1.95. The molecule has 0 aliphatic rings. The van der Waals surface area contributed by atoms with Gasteiger partial charge in [-0.25, -0.2) is 0 Å². The molecule has 1 nitrogen and oxygen atoms in total. The van der Waals surface area contributed by atoms with Gasteiger partial charge in [0.05, 0.1) is 5.02 Å². The molecule has 0 saturated heterocycles. The van der Waals surface area contributed by atoms with Crippen LogP contribution in [0.4, 0.5) is 0 Å². The Morgan fingerprint density at radius 3 is 2.86 bits per heavy atom. The van der Waals surface area contributed by atoms with Crippen molar-refractivity contribution < 1.29 is 4.74 Å². The van der Waals surface area contributed by atoms with Crippen LogP contribution in [0.1, 0.15) is 18.9 Å². The molecule has 0 atom stereocenters. The Hall–Kier alpha value is -0.970. The molecule has 0 aliphatic carbocycles. The molecule has 0 unspecified atom stereocenters. The zero-order chi connectivity index (χ0) is 10.2. The fourth-order valence-electron chi connectivity index (χ4n) is 0.961. The van der Waals surface area contributed by atoms with Crippen molar-refractivity contribution in [3.63, 3.8) is 0 Å². The number of benzene rings is 1. The summed E-state index contributed by atoms with van der Waals surface area (Å²) >= 11 is 5.92. The quantitative estimate of drug-likeness (QED) is 0.548. The van der Waals surface area contributed by atoms with Gasteiger partial charge in [-0.3, -0.25) is 0 Å². The lowest BCUT2D eigenvalue weighted by Crippen LogP contribution is -1.92. The summed E-state index contributed by atoms with van der Waals surface area (Å²) < 4.78 is 5.23. The van der Waals surface area contributed by atoms with Crippen molar-refractivity contribution >= 4 is 11.6 Å². The van der Waals surface area contributed by atoms with Gasteiger partial charge < -0.3 is 4.74 Å². The summed E-state index contributed by atoms with van der Waals surface area (Å²) in [6, 6.07) is 7.54. The van der Waals surface area contributed by atoms with Crippen molar-refractivity contribution in [2.24, 2.45) is 0 Å². The van der Waals surface area contributed by atoms with Crippen LogP contribution in [0.5, 0.6) is 0 Å². The lowest BCUT2D eigenvalue weighted by molar-refractivity contribution is 0.168. The van der Waals surface area contributed by atoms with Crippen LogP contribution in [0.2, 0.25) is 5.02 Å². The van der Waals surface area contributed by atoms with Crippen molar-refractivity contribution in [2.45, 2.75) is 13.3 Å². The van der Waals surface area contributed by atoms with E-state index in [-0.39, 0.29) is 0 Å². The number of ether oxygens (including phenoxy) is 1. The van der Waals surface area contributed by atoms with Crippen molar-refractivity contribution in [2.75, 3.05) is 13.2 Å². The Balaban J connectivity index is 2.47. The molecule has 0 aliphatic heterocycles. The van der Waals surface area contributed by atoms with Crippen LogP contribution in [-0.2, 0) is 4.74 Å². The SMILES string of the molecule is CCCOCC#Cc1ccccc1Cl. The van der Waals surface area contributed by atoms with Gasteiger partial charge in [-0.2, -0.15) is 0 Å². The highest BCUT2D eigenvalue weighted by atomic mass is 35.5. The highest BCUT2D eigenvalue weighted by Crippen LogP contribution is 2.12. The van der Waals surface area contributed by atoms with E-state index in [4.69, 9.17) is 16.3 Å². The van der Waals surface area contributed by atoms with E-state index in [1.165, 1.54) is 0 Å². The highest BCUT2D eigenvalue weighted by Gasteiger charge is 1.91. The van der Waals surface area contributed by atoms with Crippen LogP contribution >= 0.6 is 11.6 Å². The van der Waals surface area contributed by atoms with Gasteiger partial charge in [-0.15, -0.1) is 0 Å². The van der Waals surface area contributed by atoms with Crippen LogP contribution in [0.25, 0.3) is 0 Å². The normalized spacial score (nSPS) is 9.29. The van der Waals surface area contributed by atoms with Crippen LogP contribution in [0, 0.1) is 11.8 Å². The molecule has 0 radical (unpaired) electrons. The maximum Gasteiger partial charge on any atom is 0.108 e. The second-order valence-corrected chi connectivity index (χ2v) is 3.24. The van der Waals surface area contributed by atoms with Crippen LogP contribution < -0.4 is 0 Å². The monoisotopic (exact) mass is 208 g/mol. The van der Waals surface area contributed by atoms with Gasteiger partial charge in [-0.05, 0) is 18.6 Å². The average Bonchev–Trinajstić information content (AvgIpc) is 2.20. The lowest BCUT2D eigenvalue weighted by atomic mass is 10.2. The predicted molar refractivity (Wildman–Crippen MR) is 59.4 cm³/mol. The topological polar surface area (TPSA) is 9.23 Å². The third kappa shape index (κ3) is 3.83. The van der Waals surface area contributed by atoms with Gasteiger partial charge >= 0.3 is 0 Å². The predicted octanol–water partition coefficient (Wildman–Crippen LogP) is 3.12.